The van der Waals surface area contributed by atoms with Gasteiger partial charge in [0.2, 0.25) is 11.8 Å². The Balaban J connectivity index is 1.87. The molecule has 3 rings (SSSR count). The number of oxime groups is 1. The van der Waals surface area contributed by atoms with Crippen LogP contribution < -0.4 is 5.73 Å². The average molecular weight is 905 g/mol. The second-order valence-corrected chi connectivity index (χ2v) is 17.7. The number of nitrogen functional groups attached to an aromatic ring is 1. The largest absolute Gasteiger partial charge is 0.457 e. The third-order valence-electron chi connectivity index (χ3n) is 12.3. The number of alkyl halides is 1. The molecule has 0 saturated carbocycles. The first-order valence-corrected chi connectivity index (χ1v) is 22.4. The molecule has 17 nitrogen and oxygen atoms in total. The van der Waals surface area contributed by atoms with Crippen LogP contribution in [0.5, 0.6) is 0 Å². The Morgan fingerprint density at radius 1 is 1.08 bits per heavy atom. The molecule has 5 N–H and O–H groups in total. The highest BCUT2D eigenvalue weighted by Gasteiger charge is 2.51. The normalized spacial score (nSPS) is 23.3. The van der Waals surface area contributed by atoms with Crippen molar-refractivity contribution >= 4 is 34.9 Å². The maximum atomic E-state index is 16.6. The summed E-state index contributed by atoms with van der Waals surface area (Å²) in [4.78, 5) is 60.9. The van der Waals surface area contributed by atoms with Crippen molar-refractivity contribution in [2.45, 2.75) is 169 Å². The van der Waals surface area contributed by atoms with E-state index in [-0.39, 0.29) is 67.9 Å². The zero-order chi connectivity index (χ0) is 48.1. The van der Waals surface area contributed by atoms with Crippen molar-refractivity contribution < 1.29 is 57.6 Å². The van der Waals surface area contributed by atoms with Gasteiger partial charge in [0, 0.05) is 30.0 Å². The Morgan fingerprint density at radius 2 is 1.77 bits per heavy atom. The molecular weight excluding hydrogens is 832 g/mol. The number of ether oxygens (including phenoxy) is 3. The predicted molar refractivity (Wildman–Crippen MR) is 240 cm³/mol. The first kappa shape index (κ1) is 54.1. The minimum Gasteiger partial charge on any atom is -0.457 e. The van der Waals surface area contributed by atoms with Gasteiger partial charge >= 0.3 is 5.97 Å². The molecule has 64 heavy (non-hydrogen) atoms. The van der Waals surface area contributed by atoms with Crippen LogP contribution in [-0.4, -0.2) is 128 Å². The summed E-state index contributed by atoms with van der Waals surface area (Å²) in [5.41, 5.74) is 2.30. The highest BCUT2D eigenvalue weighted by molar-refractivity contribution is 6.07. The average Bonchev–Trinajstić information content (AvgIpc) is 3.73. The summed E-state index contributed by atoms with van der Waals surface area (Å²) in [7, 11) is 3.65. The molecule has 12 atom stereocenters. The van der Waals surface area contributed by atoms with Gasteiger partial charge in [0.1, 0.15) is 41.3 Å². The van der Waals surface area contributed by atoms with E-state index in [1.54, 1.807) is 32.0 Å². The van der Waals surface area contributed by atoms with Crippen molar-refractivity contribution in [1.29, 1.82) is 0 Å². The van der Waals surface area contributed by atoms with Gasteiger partial charge in [-0.15, -0.1) is 0 Å². The molecule has 1 fully saturated rings. The summed E-state index contributed by atoms with van der Waals surface area (Å²) >= 11 is 0. The number of carbonyl (C=O) groups excluding carboxylic acids is 3. The predicted octanol–water partition coefficient (Wildman–Crippen LogP) is 5.87. The van der Waals surface area contributed by atoms with Gasteiger partial charge in [-0.05, 0) is 97.9 Å². The number of hydrogen-bond acceptors (Lipinski definition) is 16. The molecule has 0 bridgehead atoms. The number of pyridine rings is 1. The highest BCUT2D eigenvalue weighted by Crippen LogP contribution is 2.39. The number of nitrogens with two attached hydrogens (primary N) is 1. The number of ketones is 1. The lowest BCUT2D eigenvalue weighted by molar-refractivity contribution is -0.269. The summed E-state index contributed by atoms with van der Waals surface area (Å²) in [5, 5.41) is 38.0. The van der Waals surface area contributed by atoms with Crippen LogP contribution >= 0.6 is 0 Å². The van der Waals surface area contributed by atoms with E-state index >= 15 is 4.39 Å². The van der Waals surface area contributed by atoms with Crippen molar-refractivity contribution in [2.24, 2.45) is 33.8 Å². The second kappa shape index (κ2) is 24.4. The van der Waals surface area contributed by atoms with E-state index in [4.69, 9.17) is 29.2 Å². The first-order valence-electron chi connectivity index (χ1n) is 22.4. The molecule has 1 amide bonds. The molecule has 2 aromatic heterocycles. The number of halogens is 1. The number of aromatic nitrogens is 2. The second-order valence-electron chi connectivity index (χ2n) is 17.7. The quantitative estimate of drug-likeness (QED) is 0.0394. The topological polar surface area (TPSA) is 242 Å². The molecule has 2 aromatic rings. The zero-order valence-corrected chi connectivity index (χ0v) is 39.7. The van der Waals surface area contributed by atoms with Crippen LogP contribution in [0, 0.1) is 23.7 Å². The van der Waals surface area contributed by atoms with Crippen molar-refractivity contribution in [1.82, 2.24) is 14.9 Å². The van der Waals surface area contributed by atoms with Gasteiger partial charge in [0.25, 0.3) is 5.67 Å². The van der Waals surface area contributed by atoms with Crippen molar-refractivity contribution in [3.63, 3.8) is 0 Å². The number of likely N-dealkylation sites (N-methyl/N-ethyl adjacent to an activating group) is 1. The fraction of sp³-hybridized carbons (Fsp3) is 0.717. The summed E-state index contributed by atoms with van der Waals surface area (Å²) in [5.74, 6) is -5.19. The number of carbonyl (C=O) groups is 3. The standard InChI is InChI=1S/C46H73FN6O11/c1-13-17-26(4)39(51-38(55)15-3)29(7)33(21-20-31(23-54)52-61-25-32-24-60-42(49-32)34-18-16-19-37(48)50-34)46(10,59)36(14-2)64-44(58)45(9,47)41(57)28(6)30(8)63-43-40(56)35(53(11)12)22-27(5)62-43/h16,18-19,24,26-30,33,35-36,40,43,54,56,59H,13-15,17,20-23,25H2,1-12H3,(H2,48,50)/b51-39+,52-31+/t26-,27-,28-,29-,30+,33-,35+,36-,40-,43+,45+,46+/m1/s1. The Labute approximate surface area is 377 Å². The third-order valence-corrected chi connectivity index (χ3v) is 12.3. The Morgan fingerprint density at radius 3 is 2.36 bits per heavy atom. The number of rotatable bonds is 25. The van der Waals surface area contributed by atoms with Crippen LogP contribution in [0.2, 0.25) is 0 Å². The lowest BCUT2D eigenvalue weighted by atomic mass is 9.69. The van der Waals surface area contributed by atoms with E-state index < -0.39 is 72.0 Å². The molecule has 0 radical (unpaired) electrons. The maximum Gasteiger partial charge on any atom is 0.351 e. The van der Waals surface area contributed by atoms with Gasteiger partial charge in [0.05, 0.1) is 24.5 Å². The smallest absolute Gasteiger partial charge is 0.351 e. The van der Waals surface area contributed by atoms with E-state index in [0.717, 1.165) is 13.3 Å². The summed E-state index contributed by atoms with van der Waals surface area (Å²) < 4.78 is 39.7. The minimum absolute atomic E-state index is 0.0170. The molecular formula is C46H73FN6O11. The van der Waals surface area contributed by atoms with Crippen LogP contribution in [0.15, 0.2) is 39.0 Å². The van der Waals surface area contributed by atoms with E-state index in [1.807, 2.05) is 46.7 Å². The SMILES string of the molecule is CCC[C@@H](C)/C(=N\C(=O)CC)[C@H](C)[C@@H](CC/C(CO)=N\OCc1coc(-c2cccc(N)n2)n1)[C@](C)(O)[C@@H](CC)OC(=O)[C@@](C)(F)C(=O)[C@H](C)[C@H](C)O[C@@H]1O[C@H](C)C[C@H](N(C)C)[C@H]1O. The Kier molecular flexibility index (Phi) is 20.6. The van der Waals surface area contributed by atoms with E-state index in [2.05, 4.69) is 20.1 Å². The van der Waals surface area contributed by atoms with Gasteiger partial charge in [-0.3, -0.25) is 9.59 Å². The van der Waals surface area contributed by atoms with E-state index in [1.165, 1.54) is 27.0 Å². The lowest BCUT2D eigenvalue weighted by Crippen LogP contribution is -2.56. The van der Waals surface area contributed by atoms with Gasteiger partial charge in [-0.25, -0.2) is 24.1 Å². The molecule has 0 aliphatic carbocycles. The van der Waals surface area contributed by atoms with Gasteiger partial charge in [0.15, 0.2) is 18.7 Å². The van der Waals surface area contributed by atoms with Crippen molar-refractivity contribution in [3.8, 4) is 11.6 Å². The van der Waals surface area contributed by atoms with Crippen LogP contribution in [0.4, 0.5) is 10.2 Å². The number of aliphatic hydroxyl groups excluding tert-OH is 2. The third kappa shape index (κ3) is 14.1. The van der Waals surface area contributed by atoms with E-state index in [9.17, 15) is 29.7 Å². The monoisotopic (exact) mass is 905 g/mol. The first-order chi connectivity index (χ1) is 30.0. The summed E-state index contributed by atoms with van der Waals surface area (Å²) in [6.45, 7) is 15.6. The molecule has 1 aliphatic heterocycles. The van der Waals surface area contributed by atoms with E-state index in [0.29, 0.717) is 35.8 Å². The number of amides is 1. The number of aliphatic hydroxyl groups is 3. The van der Waals surface area contributed by atoms with Crippen LogP contribution in [0.3, 0.4) is 0 Å². The maximum absolute atomic E-state index is 16.6. The fourth-order valence-corrected chi connectivity index (χ4v) is 8.27. The van der Waals surface area contributed by atoms with Gasteiger partial charge < -0.3 is 49.4 Å². The van der Waals surface area contributed by atoms with Gasteiger partial charge in [-0.1, -0.05) is 59.2 Å². The molecule has 0 spiro atoms. The molecule has 1 aliphatic rings. The molecule has 1 saturated heterocycles. The fourth-order valence-electron chi connectivity index (χ4n) is 8.27. The molecule has 0 unspecified atom stereocenters. The number of hydrogen-bond donors (Lipinski definition) is 4. The van der Waals surface area contributed by atoms with Crippen LogP contribution in [0.1, 0.15) is 120 Å². The number of esters is 1. The number of anilines is 1. The zero-order valence-electron chi connectivity index (χ0n) is 39.7. The van der Waals surface area contributed by atoms with Crippen LogP contribution in [-0.2, 0) is 40.0 Å². The minimum atomic E-state index is -3.16. The molecule has 18 heteroatoms. The van der Waals surface area contributed by atoms with Crippen molar-refractivity contribution in [2.75, 3.05) is 26.4 Å². The summed E-state index contributed by atoms with van der Waals surface area (Å²) in [6.07, 6.45) is -0.917. The molecule has 360 valence electrons. The lowest BCUT2D eigenvalue weighted by Gasteiger charge is -2.43. The Hall–Kier alpha value is -4.20. The van der Waals surface area contributed by atoms with Crippen molar-refractivity contribution in [3.05, 3.63) is 30.2 Å². The highest BCUT2D eigenvalue weighted by atomic mass is 19.1. The number of nitrogens with zero attached hydrogens (tertiary/aromatic N) is 5. The Bertz CT molecular complexity index is 1890. The molecule has 0 aromatic carbocycles. The number of oxazole rings is 1. The number of aliphatic imine (C=N–C) groups is 1. The van der Waals surface area contributed by atoms with Crippen LogP contribution in [0.25, 0.3) is 11.6 Å². The molecule has 3 heterocycles. The summed E-state index contributed by atoms with van der Waals surface area (Å²) in [6, 6.07) is 4.77. The number of Topliss-reactive ketones (excluding diaryl/α,β-unsaturated/α-hetero) is 1. The van der Waals surface area contributed by atoms with Gasteiger partial charge in [-0.2, -0.15) is 0 Å².